The van der Waals surface area contributed by atoms with Gasteiger partial charge in [0.1, 0.15) is 5.76 Å². The highest BCUT2D eigenvalue weighted by molar-refractivity contribution is 9.13. The zero-order chi connectivity index (χ0) is 10.6. The van der Waals surface area contributed by atoms with Gasteiger partial charge in [-0.3, -0.25) is 4.79 Å². The first-order valence-corrected chi connectivity index (χ1v) is 5.57. The van der Waals surface area contributed by atoms with Gasteiger partial charge in [0.05, 0.1) is 17.6 Å². The normalized spacial score (nSPS) is 10.2. The van der Waals surface area contributed by atoms with E-state index in [1.54, 1.807) is 7.05 Å². The quantitative estimate of drug-likeness (QED) is 0.885. The molecule has 78 valence electrons. The summed E-state index contributed by atoms with van der Waals surface area (Å²) in [6.07, 6.45) is 0. The topological polar surface area (TPSA) is 54.3 Å². The summed E-state index contributed by atoms with van der Waals surface area (Å²) in [6, 6.07) is 1.85. The van der Waals surface area contributed by atoms with Gasteiger partial charge in [0.15, 0.2) is 4.67 Å². The molecule has 1 amide bonds. The lowest BCUT2D eigenvalue weighted by molar-refractivity contribution is -0.119. The van der Waals surface area contributed by atoms with Crippen LogP contribution in [-0.2, 0) is 11.3 Å². The summed E-state index contributed by atoms with van der Waals surface area (Å²) in [5, 5.41) is 5.46. The number of rotatable bonds is 4. The van der Waals surface area contributed by atoms with Crippen molar-refractivity contribution in [3.05, 3.63) is 21.0 Å². The molecule has 0 saturated heterocycles. The van der Waals surface area contributed by atoms with Gasteiger partial charge in [-0.2, -0.15) is 0 Å². The molecule has 0 aromatic carbocycles. The molecule has 2 N–H and O–H groups in total. The predicted molar refractivity (Wildman–Crippen MR) is 59.9 cm³/mol. The van der Waals surface area contributed by atoms with Crippen molar-refractivity contribution in [2.75, 3.05) is 13.6 Å². The molecule has 0 radical (unpaired) electrons. The Kier molecular flexibility index (Phi) is 4.64. The van der Waals surface area contributed by atoms with Crippen LogP contribution in [0.4, 0.5) is 0 Å². The second-order valence-electron chi connectivity index (χ2n) is 2.61. The van der Waals surface area contributed by atoms with Crippen LogP contribution in [0.15, 0.2) is 19.6 Å². The third-order valence-corrected chi connectivity index (χ3v) is 3.27. The van der Waals surface area contributed by atoms with E-state index in [0.717, 1.165) is 10.2 Å². The minimum Gasteiger partial charge on any atom is -0.452 e. The van der Waals surface area contributed by atoms with Crippen LogP contribution in [0.2, 0.25) is 0 Å². The Balaban J connectivity index is 2.35. The van der Waals surface area contributed by atoms with Crippen LogP contribution >= 0.6 is 31.9 Å². The van der Waals surface area contributed by atoms with Crippen molar-refractivity contribution >= 4 is 37.8 Å². The van der Waals surface area contributed by atoms with Gasteiger partial charge in [-0.25, -0.2) is 0 Å². The predicted octanol–water partition coefficient (Wildman–Crippen LogP) is 1.64. The number of nitrogens with one attached hydrogen (secondary N) is 2. The van der Waals surface area contributed by atoms with Crippen molar-refractivity contribution in [2.24, 2.45) is 0 Å². The van der Waals surface area contributed by atoms with E-state index >= 15 is 0 Å². The Bertz CT molecular complexity index is 306. The molecule has 0 spiro atoms. The number of furan rings is 1. The standard InChI is InChI=1S/C8H10Br2N2O2/c1-11-7(13)4-12-3-5-2-6(9)8(10)14-5/h2,12H,3-4H2,1H3,(H,11,13). The summed E-state index contributed by atoms with van der Waals surface area (Å²) in [5.41, 5.74) is 0. The SMILES string of the molecule is CNC(=O)CNCc1cc(Br)c(Br)o1. The summed E-state index contributed by atoms with van der Waals surface area (Å²) in [5.74, 6) is 0.724. The second kappa shape index (κ2) is 5.53. The van der Waals surface area contributed by atoms with Crippen LogP contribution < -0.4 is 10.6 Å². The lowest BCUT2D eigenvalue weighted by atomic mass is 10.4. The van der Waals surface area contributed by atoms with E-state index in [4.69, 9.17) is 4.42 Å². The number of hydrogen-bond acceptors (Lipinski definition) is 3. The van der Waals surface area contributed by atoms with Gasteiger partial charge >= 0.3 is 0 Å². The van der Waals surface area contributed by atoms with Crippen LogP contribution in [0.1, 0.15) is 5.76 Å². The highest BCUT2D eigenvalue weighted by atomic mass is 79.9. The number of halogens is 2. The van der Waals surface area contributed by atoms with Crippen molar-refractivity contribution in [2.45, 2.75) is 6.54 Å². The van der Waals surface area contributed by atoms with Crippen LogP contribution in [0.3, 0.4) is 0 Å². The Morgan fingerprint density at radius 2 is 2.29 bits per heavy atom. The van der Waals surface area contributed by atoms with Crippen LogP contribution in [0.25, 0.3) is 0 Å². The molecule has 1 heterocycles. The van der Waals surface area contributed by atoms with E-state index < -0.39 is 0 Å². The molecule has 0 aliphatic rings. The molecule has 14 heavy (non-hydrogen) atoms. The smallest absolute Gasteiger partial charge is 0.233 e. The highest BCUT2D eigenvalue weighted by Crippen LogP contribution is 2.26. The van der Waals surface area contributed by atoms with Crippen molar-refractivity contribution < 1.29 is 9.21 Å². The zero-order valence-corrected chi connectivity index (χ0v) is 10.7. The molecule has 0 atom stereocenters. The first-order chi connectivity index (χ1) is 6.63. The molecule has 1 rings (SSSR count). The summed E-state index contributed by atoms with van der Waals surface area (Å²) < 4.78 is 6.84. The average Bonchev–Trinajstić information content (AvgIpc) is 2.46. The molecule has 1 aromatic rings. The minimum atomic E-state index is -0.0466. The third kappa shape index (κ3) is 3.43. The lowest BCUT2D eigenvalue weighted by Crippen LogP contribution is -2.30. The third-order valence-electron chi connectivity index (χ3n) is 1.56. The van der Waals surface area contributed by atoms with E-state index in [1.807, 2.05) is 6.07 Å². The van der Waals surface area contributed by atoms with Crippen LogP contribution in [-0.4, -0.2) is 19.5 Å². The molecule has 0 bridgehead atoms. The maximum absolute atomic E-state index is 10.9. The minimum absolute atomic E-state index is 0.0466. The molecule has 6 heteroatoms. The molecule has 0 unspecified atom stereocenters. The van der Waals surface area contributed by atoms with Crippen molar-refractivity contribution in [1.82, 2.24) is 10.6 Å². The van der Waals surface area contributed by atoms with E-state index in [-0.39, 0.29) is 12.5 Å². The van der Waals surface area contributed by atoms with Crippen molar-refractivity contribution in [3.63, 3.8) is 0 Å². The van der Waals surface area contributed by atoms with Gasteiger partial charge < -0.3 is 15.1 Å². The molecule has 1 aromatic heterocycles. The first kappa shape index (κ1) is 11.7. The molecular weight excluding hydrogens is 316 g/mol. The van der Waals surface area contributed by atoms with Gasteiger partial charge in [-0.1, -0.05) is 0 Å². The Labute approximate surface area is 98.7 Å². The van der Waals surface area contributed by atoms with E-state index in [0.29, 0.717) is 11.2 Å². The first-order valence-electron chi connectivity index (χ1n) is 3.98. The van der Waals surface area contributed by atoms with Gasteiger partial charge in [-0.05, 0) is 37.9 Å². The van der Waals surface area contributed by atoms with Crippen LogP contribution in [0.5, 0.6) is 0 Å². The Hall–Kier alpha value is -0.330. The van der Waals surface area contributed by atoms with Gasteiger partial charge in [0.2, 0.25) is 5.91 Å². The van der Waals surface area contributed by atoms with Crippen molar-refractivity contribution in [1.29, 1.82) is 0 Å². The molecule has 0 aliphatic heterocycles. The number of amides is 1. The Morgan fingerprint density at radius 3 is 2.79 bits per heavy atom. The number of carbonyl (C=O) groups excluding carboxylic acids is 1. The molecule has 0 saturated carbocycles. The second-order valence-corrected chi connectivity index (χ2v) is 4.19. The maximum Gasteiger partial charge on any atom is 0.233 e. The van der Waals surface area contributed by atoms with Crippen molar-refractivity contribution in [3.8, 4) is 0 Å². The molecule has 0 fully saturated rings. The molecule has 0 aliphatic carbocycles. The summed E-state index contributed by atoms with van der Waals surface area (Å²) in [7, 11) is 1.60. The van der Waals surface area contributed by atoms with Gasteiger partial charge in [0.25, 0.3) is 0 Å². The largest absolute Gasteiger partial charge is 0.452 e. The van der Waals surface area contributed by atoms with E-state index in [1.165, 1.54) is 0 Å². The fraction of sp³-hybridized carbons (Fsp3) is 0.375. The fourth-order valence-electron chi connectivity index (χ4n) is 0.866. The molecular formula is C8H10Br2N2O2. The monoisotopic (exact) mass is 324 g/mol. The van der Waals surface area contributed by atoms with E-state index in [9.17, 15) is 4.79 Å². The highest BCUT2D eigenvalue weighted by Gasteiger charge is 2.05. The Morgan fingerprint density at radius 1 is 1.57 bits per heavy atom. The van der Waals surface area contributed by atoms with Gasteiger partial charge in [-0.15, -0.1) is 0 Å². The fourth-order valence-corrected chi connectivity index (χ4v) is 1.52. The molecule has 4 nitrogen and oxygen atoms in total. The number of likely N-dealkylation sites (N-methyl/N-ethyl adjacent to an activating group) is 1. The zero-order valence-electron chi connectivity index (χ0n) is 7.56. The van der Waals surface area contributed by atoms with Gasteiger partial charge in [0, 0.05) is 7.05 Å². The summed E-state index contributed by atoms with van der Waals surface area (Å²) in [6.45, 7) is 0.810. The lowest BCUT2D eigenvalue weighted by Gasteiger charge is -2.00. The maximum atomic E-state index is 10.9. The number of carbonyl (C=O) groups is 1. The average molecular weight is 326 g/mol. The summed E-state index contributed by atoms with van der Waals surface area (Å²) in [4.78, 5) is 10.9. The summed E-state index contributed by atoms with van der Waals surface area (Å²) >= 11 is 6.53. The number of hydrogen-bond donors (Lipinski definition) is 2. The van der Waals surface area contributed by atoms with Crippen LogP contribution in [0, 0.1) is 0 Å². The van der Waals surface area contributed by atoms with E-state index in [2.05, 4.69) is 42.5 Å².